The zero-order valence-electron chi connectivity index (χ0n) is 9.71. The van der Waals surface area contributed by atoms with E-state index >= 15 is 0 Å². The van der Waals surface area contributed by atoms with Gasteiger partial charge < -0.3 is 5.11 Å². The highest BCUT2D eigenvalue weighted by Crippen LogP contribution is 2.28. The molecule has 1 aromatic rings. The lowest BCUT2D eigenvalue weighted by Gasteiger charge is -2.20. The summed E-state index contributed by atoms with van der Waals surface area (Å²) in [5.74, 6) is -1.88. The molecule has 0 spiro atoms. The van der Waals surface area contributed by atoms with Crippen molar-refractivity contribution >= 4 is 29.1 Å². The van der Waals surface area contributed by atoms with E-state index in [0.29, 0.717) is 10.6 Å². The Morgan fingerprint density at radius 1 is 1.50 bits per heavy atom. The molecule has 2 rings (SSSR count). The second kappa shape index (κ2) is 4.34. The molecule has 0 radical (unpaired) electrons. The standard InChI is InChI=1S/C11H10N2O4S/c1-5-3-8(14)13(10(5)15)6(2)9-12-7(4-18-9)11(16)17/h3-4,6H,1-2H3,(H,16,17). The van der Waals surface area contributed by atoms with Crippen LogP contribution in [-0.4, -0.2) is 32.8 Å². The summed E-state index contributed by atoms with van der Waals surface area (Å²) in [5, 5.41) is 10.6. The van der Waals surface area contributed by atoms with Crippen LogP contribution in [0.15, 0.2) is 17.0 Å². The third-order valence-corrected chi connectivity index (χ3v) is 3.63. The molecule has 1 aromatic heterocycles. The maximum Gasteiger partial charge on any atom is 0.355 e. The summed E-state index contributed by atoms with van der Waals surface area (Å²) < 4.78 is 0. The molecular weight excluding hydrogens is 256 g/mol. The highest BCUT2D eigenvalue weighted by molar-refractivity contribution is 7.09. The van der Waals surface area contributed by atoms with Crippen molar-refractivity contribution in [2.45, 2.75) is 19.9 Å². The van der Waals surface area contributed by atoms with Crippen molar-refractivity contribution in [2.75, 3.05) is 0 Å². The van der Waals surface area contributed by atoms with Gasteiger partial charge in [-0.3, -0.25) is 14.5 Å². The number of rotatable bonds is 3. The summed E-state index contributed by atoms with van der Waals surface area (Å²) in [4.78, 5) is 39.1. The van der Waals surface area contributed by atoms with Crippen LogP contribution < -0.4 is 0 Å². The molecule has 0 saturated heterocycles. The zero-order valence-corrected chi connectivity index (χ0v) is 10.5. The first-order valence-electron chi connectivity index (χ1n) is 5.16. The molecule has 2 amide bonds. The number of aromatic carboxylic acids is 1. The molecule has 1 atom stereocenters. The Hall–Kier alpha value is -2.02. The average Bonchev–Trinajstić information content (AvgIpc) is 2.85. The molecule has 6 nitrogen and oxygen atoms in total. The highest BCUT2D eigenvalue weighted by Gasteiger charge is 2.34. The van der Waals surface area contributed by atoms with Gasteiger partial charge in [-0.05, 0) is 13.8 Å². The van der Waals surface area contributed by atoms with E-state index < -0.39 is 17.9 Å². The number of carbonyl (C=O) groups is 3. The average molecular weight is 266 g/mol. The Bertz CT molecular complexity index is 575. The number of carboxylic acids is 1. The van der Waals surface area contributed by atoms with Crippen molar-refractivity contribution < 1.29 is 19.5 Å². The van der Waals surface area contributed by atoms with Gasteiger partial charge >= 0.3 is 5.97 Å². The maximum atomic E-state index is 11.8. The maximum absolute atomic E-state index is 11.8. The Labute approximate surface area is 107 Å². The second-order valence-corrected chi connectivity index (χ2v) is 4.78. The highest BCUT2D eigenvalue weighted by atomic mass is 32.1. The van der Waals surface area contributed by atoms with Crippen molar-refractivity contribution in [2.24, 2.45) is 0 Å². The number of carboxylic acid groups (broad SMARTS) is 1. The molecule has 1 aliphatic heterocycles. The molecule has 94 valence electrons. The van der Waals surface area contributed by atoms with Crippen LogP contribution in [0, 0.1) is 0 Å². The van der Waals surface area contributed by atoms with Gasteiger partial charge in [0.2, 0.25) is 0 Å². The van der Waals surface area contributed by atoms with E-state index in [-0.39, 0.29) is 11.6 Å². The fraction of sp³-hybridized carbons (Fsp3) is 0.273. The molecule has 0 saturated carbocycles. The number of hydrogen-bond acceptors (Lipinski definition) is 5. The van der Waals surface area contributed by atoms with Crippen LogP contribution in [0.1, 0.15) is 35.4 Å². The Kier molecular flexibility index (Phi) is 3.00. The van der Waals surface area contributed by atoms with Gasteiger partial charge in [-0.15, -0.1) is 11.3 Å². The monoisotopic (exact) mass is 266 g/mol. The Balaban J connectivity index is 2.26. The number of nitrogens with zero attached hydrogens (tertiary/aromatic N) is 2. The van der Waals surface area contributed by atoms with E-state index in [1.165, 1.54) is 11.5 Å². The minimum Gasteiger partial charge on any atom is -0.476 e. The molecule has 0 bridgehead atoms. The van der Waals surface area contributed by atoms with Crippen molar-refractivity contribution in [1.29, 1.82) is 0 Å². The first-order chi connectivity index (χ1) is 8.41. The zero-order chi connectivity index (χ0) is 13.4. The van der Waals surface area contributed by atoms with Gasteiger partial charge in [0.1, 0.15) is 5.01 Å². The molecular formula is C11H10N2O4S. The van der Waals surface area contributed by atoms with Crippen LogP contribution >= 0.6 is 11.3 Å². The molecule has 18 heavy (non-hydrogen) atoms. The van der Waals surface area contributed by atoms with Crippen LogP contribution in [0.4, 0.5) is 0 Å². The van der Waals surface area contributed by atoms with Crippen LogP contribution in [0.25, 0.3) is 0 Å². The quantitative estimate of drug-likeness (QED) is 0.831. The first-order valence-corrected chi connectivity index (χ1v) is 6.04. The van der Waals surface area contributed by atoms with Crippen molar-refractivity contribution in [3.63, 3.8) is 0 Å². The summed E-state index contributed by atoms with van der Waals surface area (Å²) in [6.45, 7) is 3.21. The SMILES string of the molecule is CC1=CC(=O)N(C(C)c2nc(C(=O)O)cs2)C1=O. The Morgan fingerprint density at radius 2 is 2.17 bits per heavy atom. The van der Waals surface area contributed by atoms with Crippen molar-refractivity contribution in [3.05, 3.63) is 27.7 Å². The first kappa shape index (κ1) is 12.4. The summed E-state index contributed by atoms with van der Waals surface area (Å²) in [6.07, 6.45) is 1.27. The van der Waals surface area contributed by atoms with Gasteiger partial charge in [0.05, 0.1) is 6.04 Å². The topological polar surface area (TPSA) is 87.6 Å². The number of amides is 2. The molecule has 7 heteroatoms. The lowest BCUT2D eigenvalue weighted by atomic mass is 10.3. The number of imide groups is 1. The van der Waals surface area contributed by atoms with Crippen LogP contribution in [0.2, 0.25) is 0 Å². The minimum atomic E-state index is -1.13. The molecule has 2 heterocycles. The summed E-state index contributed by atoms with van der Waals surface area (Å²) >= 11 is 1.12. The lowest BCUT2D eigenvalue weighted by molar-refractivity contribution is -0.139. The second-order valence-electron chi connectivity index (χ2n) is 3.89. The number of thiazole rings is 1. The van der Waals surface area contributed by atoms with E-state index in [4.69, 9.17) is 5.11 Å². The Morgan fingerprint density at radius 3 is 2.61 bits per heavy atom. The van der Waals surface area contributed by atoms with Gasteiger partial charge in [-0.1, -0.05) is 0 Å². The summed E-state index contributed by atoms with van der Waals surface area (Å²) in [5.41, 5.74) is 0.299. The molecule has 1 N–H and O–H groups in total. The van der Waals surface area contributed by atoms with Crippen LogP contribution in [0.5, 0.6) is 0 Å². The fourth-order valence-corrected chi connectivity index (χ4v) is 2.50. The van der Waals surface area contributed by atoms with Gasteiger partial charge in [-0.25, -0.2) is 9.78 Å². The smallest absolute Gasteiger partial charge is 0.355 e. The van der Waals surface area contributed by atoms with E-state index in [2.05, 4.69) is 4.98 Å². The number of carbonyl (C=O) groups excluding carboxylic acids is 2. The number of aromatic nitrogens is 1. The molecule has 0 aliphatic carbocycles. The predicted molar refractivity (Wildman–Crippen MR) is 63.1 cm³/mol. The van der Waals surface area contributed by atoms with Crippen LogP contribution in [-0.2, 0) is 9.59 Å². The minimum absolute atomic E-state index is 0.0781. The van der Waals surface area contributed by atoms with Gasteiger partial charge in [0.15, 0.2) is 5.69 Å². The van der Waals surface area contributed by atoms with Gasteiger partial charge in [-0.2, -0.15) is 0 Å². The van der Waals surface area contributed by atoms with Gasteiger partial charge in [0, 0.05) is 17.0 Å². The third kappa shape index (κ3) is 1.92. The molecule has 0 aromatic carbocycles. The third-order valence-electron chi connectivity index (χ3n) is 2.62. The van der Waals surface area contributed by atoms with E-state index in [1.807, 2.05) is 0 Å². The van der Waals surface area contributed by atoms with Crippen LogP contribution in [0.3, 0.4) is 0 Å². The largest absolute Gasteiger partial charge is 0.476 e. The van der Waals surface area contributed by atoms with Gasteiger partial charge in [0.25, 0.3) is 11.8 Å². The summed E-state index contributed by atoms with van der Waals surface area (Å²) in [7, 11) is 0. The molecule has 1 unspecified atom stereocenters. The summed E-state index contributed by atoms with van der Waals surface area (Å²) in [6, 6.07) is -0.559. The normalized spacial score (nSPS) is 17.0. The lowest BCUT2D eigenvalue weighted by Crippen LogP contribution is -2.33. The molecule has 0 fully saturated rings. The van der Waals surface area contributed by atoms with Crippen molar-refractivity contribution in [3.8, 4) is 0 Å². The van der Waals surface area contributed by atoms with Crippen molar-refractivity contribution in [1.82, 2.24) is 9.88 Å². The van der Waals surface area contributed by atoms with E-state index in [9.17, 15) is 14.4 Å². The predicted octanol–water partition coefficient (Wildman–Crippen LogP) is 1.22. The van der Waals surface area contributed by atoms with E-state index in [0.717, 1.165) is 16.2 Å². The fourth-order valence-electron chi connectivity index (χ4n) is 1.66. The molecule has 1 aliphatic rings. The number of hydrogen-bond donors (Lipinski definition) is 1. The van der Waals surface area contributed by atoms with E-state index in [1.54, 1.807) is 13.8 Å².